The summed E-state index contributed by atoms with van der Waals surface area (Å²) in [7, 11) is 0. The maximum atomic E-state index is 5.62. The molecular formula is C14H13N5. The van der Waals surface area contributed by atoms with Crippen LogP contribution in [-0.4, -0.2) is 15.0 Å². The minimum Gasteiger partial charge on any atom is -0.340 e. The smallest absolute Gasteiger partial charge is 0.180 e. The van der Waals surface area contributed by atoms with Gasteiger partial charge in [0.1, 0.15) is 11.3 Å². The molecule has 0 atom stereocenters. The third kappa shape index (κ3) is 2.51. The fraction of sp³-hybridized carbons (Fsp3) is 0.0714. The number of nitrogens with zero attached hydrogens (tertiary/aromatic N) is 3. The van der Waals surface area contributed by atoms with E-state index in [1.54, 1.807) is 12.4 Å². The lowest BCUT2D eigenvalue weighted by atomic mass is 10.2. The first kappa shape index (κ1) is 11.6. The quantitative estimate of drug-likeness (QED) is 0.746. The van der Waals surface area contributed by atoms with Crippen LogP contribution in [0.2, 0.25) is 0 Å². The van der Waals surface area contributed by atoms with Crippen molar-refractivity contribution in [3.8, 4) is 0 Å². The van der Waals surface area contributed by atoms with Crippen LogP contribution in [0, 0.1) is 0 Å². The summed E-state index contributed by atoms with van der Waals surface area (Å²) in [5.41, 5.74) is 9.07. The van der Waals surface area contributed by atoms with Crippen LogP contribution in [0.3, 0.4) is 0 Å². The Balaban J connectivity index is 1.92. The van der Waals surface area contributed by atoms with Gasteiger partial charge in [0.25, 0.3) is 0 Å². The molecule has 3 aromatic rings. The summed E-state index contributed by atoms with van der Waals surface area (Å²) in [6.07, 6.45) is 3.29. The topological polar surface area (TPSA) is 76.7 Å². The van der Waals surface area contributed by atoms with Crippen molar-refractivity contribution in [3.05, 3.63) is 54.4 Å². The summed E-state index contributed by atoms with van der Waals surface area (Å²) < 4.78 is 0. The number of pyridine rings is 1. The lowest BCUT2D eigenvalue weighted by Gasteiger charge is -2.07. The van der Waals surface area contributed by atoms with Crippen molar-refractivity contribution in [1.82, 2.24) is 15.0 Å². The zero-order valence-corrected chi connectivity index (χ0v) is 10.2. The molecule has 0 amide bonds. The highest BCUT2D eigenvalue weighted by Gasteiger charge is 2.01. The second-order valence-corrected chi connectivity index (χ2v) is 4.13. The van der Waals surface area contributed by atoms with E-state index in [0.717, 1.165) is 22.6 Å². The summed E-state index contributed by atoms with van der Waals surface area (Å²) in [6, 6.07) is 11.7. The van der Waals surface area contributed by atoms with Gasteiger partial charge in [0.2, 0.25) is 0 Å². The SMILES string of the molecule is NCc1cccc(Nc2ccc3nccnc3n2)c1. The Labute approximate surface area is 110 Å². The number of nitrogens with one attached hydrogen (secondary N) is 1. The van der Waals surface area contributed by atoms with E-state index >= 15 is 0 Å². The molecule has 2 heterocycles. The molecule has 0 aliphatic carbocycles. The first-order valence-electron chi connectivity index (χ1n) is 5.99. The van der Waals surface area contributed by atoms with Crippen molar-refractivity contribution in [2.45, 2.75) is 6.54 Å². The Kier molecular flexibility index (Phi) is 3.04. The van der Waals surface area contributed by atoms with E-state index in [1.807, 2.05) is 36.4 Å². The van der Waals surface area contributed by atoms with Crippen LogP contribution >= 0.6 is 0 Å². The van der Waals surface area contributed by atoms with E-state index < -0.39 is 0 Å². The molecule has 1 aromatic carbocycles. The maximum Gasteiger partial charge on any atom is 0.180 e. The number of benzene rings is 1. The van der Waals surface area contributed by atoms with Gasteiger partial charge in [-0.15, -0.1) is 0 Å². The molecule has 0 aliphatic rings. The average Bonchev–Trinajstić information content (AvgIpc) is 2.47. The Morgan fingerprint density at radius 3 is 2.84 bits per heavy atom. The lowest BCUT2D eigenvalue weighted by molar-refractivity contribution is 1.07. The molecule has 94 valence electrons. The van der Waals surface area contributed by atoms with Crippen LogP contribution in [0.5, 0.6) is 0 Å². The van der Waals surface area contributed by atoms with Gasteiger partial charge in [-0.1, -0.05) is 12.1 Å². The van der Waals surface area contributed by atoms with E-state index in [-0.39, 0.29) is 0 Å². The zero-order chi connectivity index (χ0) is 13.1. The fourth-order valence-electron chi connectivity index (χ4n) is 1.85. The van der Waals surface area contributed by atoms with Crippen LogP contribution in [0.25, 0.3) is 11.2 Å². The molecule has 0 aliphatic heterocycles. The third-order valence-electron chi connectivity index (χ3n) is 2.77. The van der Waals surface area contributed by atoms with Gasteiger partial charge in [0.05, 0.1) is 0 Å². The molecule has 0 bridgehead atoms. The van der Waals surface area contributed by atoms with Crippen LogP contribution < -0.4 is 11.1 Å². The Morgan fingerprint density at radius 1 is 1.05 bits per heavy atom. The predicted molar refractivity (Wildman–Crippen MR) is 74.9 cm³/mol. The lowest BCUT2D eigenvalue weighted by Crippen LogP contribution is -1.99. The standard InChI is InChI=1S/C14H13N5/c15-9-10-2-1-3-11(8-10)18-13-5-4-12-14(19-13)17-7-6-16-12/h1-8H,9,15H2,(H,17,18,19). The zero-order valence-electron chi connectivity index (χ0n) is 10.2. The molecule has 0 unspecified atom stereocenters. The van der Waals surface area contributed by atoms with E-state index in [4.69, 9.17) is 5.73 Å². The Bertz CT molecular complexity index is 711. The summed E-state index contributed by atoms with van der Waals surface area (Å²) in [5, 5.41) is 3.24. The van der Waals surface area contributed by atoms with Crippen LogP contribution in [0.15, 0.2) is 48.8 Å². The Morgan fingerprint density at radius 2 is 1.95 bits per heavy atom. The molecule has 5 nitrogen and oxygen atoms in total. The normalized spacial score (nSPS) is 10.6. The molecule has 0 saturated carbocycles. The molecule has 3 N–H and O–H groups in total. The van der Waals surface area contributed by atoms with Crippen LogP contribution in [-0.2, 0) is 6.54 Å². The number of aromatic nitrogens is 3. The van der Waals surface area contributed by atoms with Crippen molar-refractivity contribution in [2.75, 3.05) is 5.32 Å². The molecule has 19 heavy (non-hydrogen) atoms. The van der Waals surface area contributed by atoms with Gasteiger partial charge in [0, 0.05) is 24.6 Å². The van der Waals surface area contributed by atoms with Crippen LogP contribution in [0.1, 0.15) is 5.56 Å². The summed E-state index contributed by atoms with van der Waals surface area (Å²) in [5.74, 6) is 0.738. The molecule has 2 aromatic heterocycles. The van der Waals surface area contributed by atoms with Crippen molar-refractivity contribution >= 4 is 22.7 Å². The maximum absolute atomic E-state index is 5.62. The summed E-state index contributed by atoms with van der Waals surface area (Å²) >= 11 is 0. The average molecular weight is 251 g/mol. The first-order valence-corrected chi connectivity index (χ1v) is 5.99. The number of hydrogen-bond acceptors (Lipinski definition) is 5. The van der Waals surface area contributed by atoms with Gasteiger partial charge in [-0.25, -0.2) is 9.97 Å². The van der Waals surface area contributed by atoms with Gasteiger partial charge in [-0.05, 0) is 29.8 Å². The third-order valence-corrected chi connectivity index (χ3v) is 2.77. The van der Waals surface area contributed by atoms with Crippen LogP contribution in [0.4, 0.5) is 11.5 Å². The molecule has 5 heteroatoms. The van der Waals surface area contributed by atoms with Gasteiger partial charge in [0.15, 0.2) is 5.65 Å². The highest BCUT2D eigenvalue weighted by molar-refractivity contribution is 5.72. The molecule has 0 saturated heterocycles. The summed E-state index contributed by atoms with van der Waals surface area (Å²) in [4.78, 5) is 12.8. The first-order chi connectivity index (χ1) is 9.35. The van der Waals surface area contributed by atoms with E-state index in [1.165, 1.54) is 0 Å². The molecule has 0 spiro atoms. The molecular weight excluding hydrogens is 238 g/mol. The molecule has 0 radical (unpaired) electrons. The fourth-order valence-corrected chi connectivity index (χ4v) is 1.85. The van der Waals surface area contributed by atoms with E-state index in [9.17, 15) is 0 Å². The predicted octanol–water partition coefficient (Wildman–Crippen LogP) is 2.23. The highest BCUT2D eigenvalue weighted by atomic mass is 15.0. The second kappa shape index (κ2) is 4.99. The monoisotopic (exact) mass is 251 g/mol. The van der Waals surface area contributed by atoms with Gasteiger partial charge in [-0.3, -0.25) is 4.98 Å². The van der Waals surface area contributed by atoms with Crippen molar-refractivity contribution in [1.29, 1.82) is 0 Å². The number of anilines is 2. The number of fused-ring (bicyclic) bond motifs is 1. The largest absolute Gasteiger partial charge is 0.340 e. The minimum atomic E-state index is 0.520. The van der Waals surface area contributed by atoms with E-state index in [2.05, 4.69) is 20.3 Å². The number of rotatable bonds is 3. The highest BCUT2D eigenvalue weighted by Crippen LogP contribution is 2.17. The second-order valence-electron chi connectivity index (χ2n) is 4.13. The van der Waals surface area contributed by atoms with Gasteiger partial charge in [-0.2, -0.15) is 0 Å². The minimum absolute atomic E-state index is 0.520. The van der Waals surface area contributed by atoms with Crippen molar-refractivity contribution in [2.24, 2.45) is 5.73 Å². The van der Waals surface area contributed by atoms with E-state index in [0.29, 0.717) is 12.2 Å². The van der Waals surface area contributed by atoms with Crippen molar-refractivity contribution in [3.63, 3.8) is 0 Å². The Hall–Kier alpha value is -2.53. The number of nitrogens with two attached hydrogens (primary N) is 1. The summed E-state index contributed by atoms with van der Waals surface area (Å²) in [6.45, 7) is 0.520. The van der Waals surface area contributed by atoms with Gasteiger partial charge >= 0.3 is 0 Å². The molecule has 3 rings (SSSR count). The molecule has 0 fully saturated rings. The van der Waals surface area contributed by atoms with Gasteiger partial charge < -0.3 is 11.1 Å². The van der Waals surface area contributed by atoms with Crippen molar-refractivity contribution < 1.29 is 0 Å². The number of hydrogen-bond donors (Lipinski definition) is 2.